The fourth-order valence-electron chi connectivity index (χ4n) is 3.12. The van der Waals surface area contributed by atoms with Gasteiger partial charge in [0.15, 0.2) is 0 Å². The molecule has 2 heterocycles. The molecule has 1 unspecified atom stereocenters. The number of nitrogens with zero attached hydrogens (tertiary/aromatic N) is 3. The summed E-state index contributed by atoms with van der Waals surface area (Å²) in [6, 6.07) is 0.524. The highest BCUT2D eigenvalue weighted by Gasteiger charge is 2.21. The Hall–Kier alpha value is -1.10. The molecule has 0 aromatic carbocycles. The average Bonchev–Trinajstić information content (AvgIpc) is 3.01. The SMILES string of the molecule is CC1CN(c2n[nH]c(CC3CCCC3)n2)CCN1. The lowest BCUT2D eigenvalue weighted by molar-refractivity contribution is 0.479. The molecule has 1 saturated carbocycles. The van der Waals surface area contributed by atoms with Gasteiger partial charge in [-0.15, -0.1) is 5.10 Å². The quantitative estimate of drug-likeness (QED) is 0.848. The van der Waals surface area contributed by atoms with Crippen LogP contribution in [0.15, 0.2) is 0 Å². The van der Waals surface area contributed by atoms with Crippen LogP contribution < -0.4 is 10.2 Å². The van der Waals surface area contributed by atoms with E-state index in [0.29, 0.717) is 6.04 Å². The minimum atomic E-state index is 0.524. The van der Waals surface area contributed by atoms with E-state index >= 15 is 0 Å². The van der Waals surface area contributed by atoms with Gasteiger partial charge in [-0.05, 0) is 12.8 Å². The Morgan fingerprint density at radius 3 is 2.94 bits per heavy atom. The van der Waals surface area contributed by atoms with Crippen molar-refractivity contribution in [3.8, 4) is 0 Å². The molecule has 18 heavy (non-hydrogen) atoms. The van der Waals surface area contributed by atoms with E-state index in [9.17, 15) is 0 Å². The topological polar surface area (TPSA) is 56.8 Å². The average molecular weight is 249 g/mol. The third kappa shape index (κ3) is 2.66. The largest absolute Gasteiger partial charge is 0.337 e. The highest BCUT2D eigenvalue weighted by atomic mass is 15.4. The summed E-state index contributed by atoms with van der Waals surface area (Å²) >= 11 is 0. The minimum Gasteiger partial charge on any atom is -0.337 e. The maximum atomic E-state index is 4.66. The molecule has 1 saturated heterocycles. The summed E-state index contributed by atoms with van der Waals surface area (Å²) in [6.45, 7) is 5.23. The molecule has 0 amide bonds. The molecular formula is C13H23N5. The molecule has 1 aliphatic heterocycles. The maximum absolute atomic E-state index is 4.66. The highest BCUT2D eigenvalue weighted by molar-refractivity contribution is 5.30. The van der Waals surface area contributed by atoms with Crippen LogP contribution in [0.5, 0.6) is 0 Å². The van der Waals surface area contributed by atoms with E-state index in [2.05, 4.69) is 32.3 Å². The van der Waals surface area contributed by atoms with Gasteiger partial charge in [-0.2, -0.15) is 4.98 Å². The van der Waals surface area contributed by atoms with E-state index in [-0.39, 0.29) is 0 Å². The first kappa shape index (κ1) is 12.0. The van der Waals surface area contributed by atoms with E-state index in [1.54, 1.807) is 0 Å². The molecule has 0 bridgehead atoms. The van der Waals surface area contributed by atoms with Crippen LogP contribution in [0.3, 0.4) is 0 Å². The molecule has 5 nitrogen and oxygen atoms in total. The summed E-state index contributed by atoms with van der Waals surface area (Å²) < 4.78 is 0. The van der Waals surface area contributed by atoms with E-state index in [1.807, 2.05) is 0 Å². The lowest BCUT2D eigenvalue weighted by Crippen LogP contribution is -2.49. The summed E-state index contributed by atoms with van der Waals surface area (Å²) in [4.78, 5) is 6.94. The number of aromatic nitrogens is 3. The van der Waals surface area contributed by atoms with Crippen molar-refractivity contribution in [2.75, 3.05) is 24.5 Å². The van der Waals surface area contributed by atoms with Crippen LogP contribution in [0.25, 0.3) is 0 Å². The van der Waals surface area contributed by atoms with Crippen molar-refractivity contribution in [2.24, 2.45) is 5.92 Å². The van der Waals surface area contributed by atoms with Gasteiger partial charge in [0.1, 0.15) is 5.82 Å². The first-order valence-corrected chi connectivity index (χ1v) is 7.21. The Kier molecular flexibility index (Phi) is 3.50. The van der Waals surface area contributed by atoms with Crippen molar-refractivity contribution in [3.05, 3.63) is 5.82 Å². The molecule has 2 fully saturated rings. The van der Waals surface area contributed by atoms with Crippen LogP contribution in [0.4, 0.5) is 5.95 Å². The zero-order valence-corrected chi connectivity index (χ0v) is 11.2. The fraction of sp³-hybridized carbons (Fsp3) is 0.846. The van der Waals surface area contributed by atoms with Gasteiger partial charge >= 0.3 is 0 Å². The number of nitrogens with one attached hydrogen (secondary N) is 2. The predicted octanol–water partition coefficient (Wildman–Crippen LogP) is 1.34. The fourth-order valence-corrected chi connectivity index (χ4v) is 3.12. The molecule has 100 valence electrons. The molecule has 3 rings (SSSR count). The van der Waals surface area contributed by atoms with E-state index in [0.717, 1.165) is 43.7 Å². The Labute approximate surface area is 108 Å². The van der Waals surface area contributed by atoms with E-state index in [1.165, 1.54) is 25.7 Å². The number of anilines is 1. The van der Waals surface area contributed by atoms with Crippen molar-refractivity contribution < 1.29 is 0 Å². The van der Waals surface area contributed by atoms with Gasteiger partial charge in [-0.1, -0.05) is 25.7 Å². The summed E-state index contributed by atoms with van der Waals surface area (Å²) in [5.74, 6) is 2.78. The van der Waals surface area contributed by atoms with Gasteiger partial charge < -0.3 is 10.2 Å². The first-order chi connectivity index (χ1) is 8.81. The number of hydrogen-bond acceptors (Lipinski definition) is 4. The van der Waals surface area contributed by atoms with Crippen LogP contribution >= 0.6 is 0 Å². The number of piperazine rings is 1. The summed E-state index contributed by atoms with van der Waals surface area (Å²) in [5.41, 5.74) is 0. The van der Waals surface area contributed by atoms with Crippen LogP contribution in [0, 0.1) is 5.92 Å². The molecule has 1 atom stereocenters. The van der Waals surface area contributed by atoms with Crippen LogP contribution in [0.2, 0.25) is 0 Å². The molecule has 1 aromatic heterocycles. The second-order valence-electron chi connectivity index (χ2n) is 5.74. The molecule has 2 aliphatic rings. The van der Waals surface area contributed by atoms with E-state index < -0.39 is 0 Å². The van der Waals surface area contributed by atoms with Gasteiger partial charge in [-0.3, -0.25) is 5.10 Å². The summed E-state index contributed by atoms with van der Waals surface area (Å²) in [7, 11) is 0. The zero-order chi connectivity index (χ0) is 12.4. The third-order valence-corrected chi connectivity index (χ3v) is 4.13. The Morgan fingerprint density at radius 2 is 2.17 bits per heavy atom. The minimum absolute atomic E-state index is 0.524. The molecule has 1 aromatic rings. The first-order valence-electron chi connectivity index (χ1n) is 7.21. The standard InChI is InChI=1S/C13H23N5/c1-10-9-18(7-6-14-10)13-15-12(16-17-13)8-11-4-2-3-5-11/h10-11,14H,2-9H2,1H3,(H,15,16,17). The number of hydrogen-bond donors (Lipinski definition) is 2. The summed E-state index contributed by atoms with van der Waals surface area (Å²) in [5, 5.41) is 10.9. The van der Waals surface area contributed by atoms with Gasteiger partial charge in [-0.25, -0.2) is 0 Å². The van der Waals surface area contributed by atoms with Gasteiger partial charge in [0, 0.05) is 32.1 Å². The third-order valence-electron chi connectivity index (χ3n) is 4.13. The second kappa shape index (κ2) is 5.26. The van der Waals surface area contributed by atoms with Gasteiger partial charge in [0.2, 0.25) is 5.95 Å². The van der Waals surface area contributed by atoms with Crippen LogP contribution in [0.1, 0.15) is 38.4 Å². The second-order valence-corrected chi connectivity index (χ2v) is 5.74. The Balaban J connectivity index is 1.61. The van der Waals surface area contributed by atoms with Crippen molar-refractivity contribution in [1.82, 2.24) is 20.5 Å². The zero-order valence-electron chi connectivity index (χ0n) is 11.2. The highest BCUT2D eigenvalue weighted by Crippen LogP contribution is 2.27. The molecule has 2 N–H and O–H groups in total. The van der Waals surface area contributed by atoms with Crippen molar-refractivity contribution >= 4 is 5.95 Å². The monoisotopic (exact) mass is 249 g/mol. The van der Waals surface area contributed by atoms with Crippen molar-refractivity contribution in [3.63, 3.8) is 0 Å². The van der Waals surface area contributed by atoms with E-state index in [4.69, 9.17) is 0 Å². The molecular weight excluding hydrogens is 226 g/mol. The lowest BCUT2D eigenvalue weighted by Gasteiger charge is -2.30. The van der Waals surface area contributed by atoms with Crippen molar-refractivity contribution in [2.45, 2.75) is 45.1 Å². The smallest absolute Gasteiger partial charge is 0.244 e. The lowest BCUT2D eigenvalue weighted by atomic mass is 10.0. The Bertz CT molecular complexity index is 382. The normalized spacial score (nSPS) is 25.8. The van der Waals surface area contributed by atoms with Gasteiger partial charge in [0.25, 0.3) is 0 Å². The summed E-state index contributed by atoms with van der Waals surface area (Å²) in [6.07, 6.45) is 6.58. The van der Waals surface area contributed by atoms with Crippen LogP contribution in [-0.4, -0.2) is 40.9 Å². The van der Waals surface area contributed by atoms with Crippen LogP contribution in [-0.2, 0) is 6.42 Å². The predicted molar refractivity (Wildman–Crippen MR) is 71.7 cm³/mol. The number of rotatable bonds is 3. The number of aromatic amines is 1. The van der Waals surface area contributed by atoms with Crippen molar-refractivity contribution in [1.29, 1.82) is 0 Å². The molecule has 0 radical (unpaired) electrons. The Morgan fingerprint density at radius 1 is 1.33 bits per heavy atom. The number of H-pyrrole nitrogens is 1. The molecule has 5 heteroatoms. The maximum Gasteiger partial charge on any atom is 0.244 e. The van der Waals surface area contributed by atoms with Gasteiger partial charge in [0.05, 0.1) is 0 Å². The molecule has 0 spiro atoms. The molecule has 1 aliphatic carbocycles.